The van der Waals surface area contributed by atoms with Crippen LogP contribution in [0.15, 0.2) is 0 Å². The topological polar surface area (TPSA) is 60.4 Å². The smallest absolute Gasteiger partial charge is 0.299 e. The van der Waals surface area contributed by atoms with Crippen molar-refractivity contribution in [2.75, 3.05) is 17.3 Å². The molecule has 0 saturated carbocycles. The highest BCUT2D eigenvalue weighted by Gasteiger charge is 2.51. The number of alkyl halides is 3. The van der Waals surface area contributed by atoms with Gasteiger partial charge in [-0.2, -0.15) is 21.6 Å². The fraction of sp³-hybridized carbons (Fsp3) is 0.923. The van der Waals surface area contributed by atoms with Crippen molar-refractivity contribution in [3.05, 3.63) is 0 Å². The first-order valence-electron chi connectivity index (χ1n) is 7.42. The quantitative estimate of drug-likeness (QED) is 0.460. The molecule has 1 aliphatic rings. The van der Waals surface area contributed by atoms with Gasteiger partial charge in [0.25, 0.3) is 0 Å². The maximum Gasteiger partial charge on any atom is 0.523 e. The first kappa shape index (κ1) is 19.8. The molecule has 0 aromatic heterocycles. The minimum Gasteiger partial charge on any atom is -0.299 e. The van der Waals surface area contributed by atoms with Crippen molar-refractivity contribution < 1.29 is 30.0 Å². The standard InChI is InChI=1S/C13H23F3O4S2/c1-2-3-4-5-8-12(17)11-21(9-6-7-10-21)20-22(18,19)13(14,15)16/h2-11H2,1H3. The molecule has 0 amide bonds. The predicted molar refractivity (Wildman–Crippen MR) is 81.3 cm³/mol. The molecule has 0 aromatic rings. The van der Waals surface area contributed by atoms with E-state index in [-0.39, 0.29) is 29.5 Å². The molecule has 4 nitrogen and oxygen atoms in total. The first-order valence-corrected chi connectivity index (χ1v) is 10.9. The van der Waals surface area contributed by atoms with Crippen molar-refractivity contribution in [3.63, 3.8) is 0 Å². The van der Waals surface area contributed by atoms with E-state index in [2.05, 4.69) is 3.63 Å². The van der Waals surface area contributed by atoms with Crippen molar-refractivity contribution in [2.45, 2.75) is 57.4 Å². The number of unbranched alkanes of at least 4 members (excludes halogenated alkanes) is 3. The SMILES string of the molecule is CCCCCCC(=O)CS1(OS(=O)(=O)C(F)(F)F)CCCC1. The summed E-state index contributed by atoms with van der Waals surface area (Å²) in [5.74, 6) is 0.144. The monoisotopic (exact) mass is 364 g/mol. The normalized spacial score (nSPS) is 20.0. The molecule has 0 radical (unpaired) electrons. The van der Waals surface area contributed by atoms with E-state index in [1.165, 1.54) is 0 Å². The van der Waals surface area contributed by atoms with E-state index in [0.29, 0.717) is 19.3 Å². The minimum atomic E-state index is -5.63. The Bertz CT molecular complexity index is 468. The van der Waals surface area contributed by atoms with Gasteiger partial charge in [0.2, 0.25) is 0 Å². The van der Waals surface area contributed by atoms with Crippen LogP contribution in [-0.4, -0.2) is 37.0 Å². The van der Waals surface area contributed by atoms with E-state index in [4.69, 9.17) is 0 Å². The van der Waals surface area contributed by atoms with Gasteiger partial charge in [0.05, 0.1) is 5.75 Å². The number of carbonyl (C=O) groups is 1. The van der Waals surface area contributed by atoms with Crippen LogP contribution in [0.4, 0.5) is 13.2 Å². The predicted octanol–water partition coefficient (Wildman–Crippen LogP) is 3.91. The molecular formula is C13H23F3O4S2. The van der Waals surface area contributed by atoms with Gasteiger partial charge >= 0.3 is 15.6 Å². The molecule has 1 saturated heterocycles. The minimum absolute atomic E-state index is 0.172. The first-order chi connectivity index (χ1) is 10.1. The second-order valence-corrected chi connectivity index (χ2v) is 10.5. The lowest BCUT2D eigenvalue weighted by Crippen LogP contribution is -2.30. The van der Waals surface area contributed by atoms with Gasteiger partial charge in [-0.1, -0.05) is 26.2 Å². The zero-order valence-corrected chi connectivity index (χ0v) is 14.3. The summed E-state index contributed by atoms with van der Waals surface area (Å²) < 4.78 is 64.6. The molecular weight excluding hydrogens is 341 g/mol. The molecule has 132 valence electrons. The third-order valence-corrected chi connectivity index (χ3v) is 8.89. The summed E-state index contributed by atoms with van der Waals surface area (Å²) in [7, 11) is -8.13. The van der Waals surface area contributed by atoms with Gasteiger partial charge < -0.3 is 0 Å². The van der Waals surface area contributed by atoms with Crippen molar-refractivity contribution in [1.29, 1.82) is 0 Å². The van der Waals surface area contributed by atoms with Crippen molar-refractivity contribution >= 4 is 26.2 Å². The lowest BCUT2D eigenvalue weighted by atomic mass is 10.1. The Hall–Kier alpha value is -0.280. The van der Waals surface area contributed by atoms with Gasteiger partial charge in [0.1, 0.15) is 5.78 Å². The molecule has 0 spiro atoms. The third kappa shape index (κ3) is 5.73. The number of carbonyl (C=O) groups excluding carboxylic acids is 1. The fourth-order valence-corrected chi connectivity index (χ4v) is 7.66. The number of Topliss-reactive ketones (excluding diaryl/α,β-unsaturated/α-hetero) is 1. The van der Waals surface area contributed by atoms with Crippen LogP contribution in [-0.2, 0) is 18.5 Å². The van der Waals surface area contributed by atoms with Crippen LogP contribution in [0.2, 0.25) is 0 Å². The number of hydrogen-bond donors (Lipinski definition) is 0. The number of rotatable bonds is 9. The Labute approximate surface area is 131 Å². The van der Waals surface area contributed by atoms with Gasteiger partial charge in [0.15, 0.2) is 0 Å². The second-order valence-electron chi connectivity index (χ2n) is 5.54. The Kier molecular flexibility index (Phi) is 7.20. The molecule has 22 heavy (non-hydrogen) atoms. The Morgan fingerprint density at radius 2 is 1.73 bits per heavy atom. The van der Waals surface area contributed by atoms with Crippen molar-refractivity contribution in [3.8, 4) is 0 Å². The molecule has 1 fully saturated rings. The van der Waals surface area contributed by atoms with E-state index in [1.54, 1.807) is 0 Å². The summed E-state index contributed by atoms with van der Waals surface area (Å²) >= 11 is 0. The van der Waals surface area contributed by atoms with Crippen LogP contribution in [0.1, 0.15) is 51.9 Å². The molecule has 1 rings (SSSR count). The average Bonchev–Trinajstić information content (AvgIpc) is 2.80. The van der Waals surface area contributed by atoms with E-state index in [9.17, 15) is 26.4 Å². The van der Waals surface area contributed by atoms with Gasteiger partial charge in [0, 0.05) is 17.9 Å². The third-order valence-electron chi connectivity index (χ3n) is 3.53. The highest BCUT2D eigenvalue weighted by molar-refractivity contribution is 8.33. The lowest BCUT2D eigenvalue weighted by molar-refractivity contribution is -0.116. The van der Waals surface area contributed by atoms with Crippen LogP contribution >= 0.6 is 10.3 Å². The highest BCUT2D eigenvalue weighted by atomic mass is 32.3. The second kappa shape index (κ2) is 8.01. The van der Waals surface area contributed by atoms with Crippen LogP contribution in [0.3, 0.4) is 0 Å². The van der Waals surface area contributed by atoms with Crippen LogP contribution in [0.25, 0.3) is 0 Å². The molecule has 0 atom stereocenters. The maximum atomic E-state index is 12.5. The van der Waals surface area contributed by atoms with Gasteiger partial charge in [-0.05, 0) is 19.3 Å². The van der Waals surface area contributed by atoms with Gasteiger partial charge in [-0.3, -0.25) is 4.79 Å². The Morgan fingerprint density at radius 1 is 1.14 bits per heavy atom. The summed E-state index contributed by atoms with van der Waals surface area (Å²) in [4.78, 5) is 12.0. The van der Waals surface area contributed by atoms with E-state index < -0.39 is 25.9 Å². The summed E-state index contributed by atoms with van der Waals surface area (Å²) in [5, 5.41) is 0. The average molecular weight is 364 g/mol. The largest absolute Gasteiger partial charge is 0.523 e. The molecule has 0 N–H and O–H groups in total. The van der Waals surface area contributed by atoms with E-state index in [1.807, 2.05) is 6.92 Å². The Balaban J connectivity index is 2.66. The van der Waals surface area contributed by atoms with Gasteiger partial charge in [-0.15, -0.1) is 10.3 Å². The summed E-state index contributed by atoms with van der Waals surface area (Å²) in [6, 6.07) is 0. The van der Waals surface area contributed by atoms with E-state index in [0.717, 1.165) is 19.3 Å². The summed E-state index contributed by atoms with van der Waals surface area (Å²) in [6.07, 6.45) is 5.10. The van der Waals surface area contributed by atoms with Crippen LogP contribution in [0, 0.1) is 0 Å². The van der Waals surface area contributed by atoms with Crippen molar-refractivity contribution in [1.82, 2.24) is 0 Å². The molecule has 1 heterocycles. The zero-order valence-electron chi connectivity index (χ0n) is 12.7. The number of ketones is 1. The summed E-state index contributed by atoms with van der Waals surface area (Å²) in [6.45, 7) is 2.04. The highest BCUT2D eigenvalue weighted by Crippen LogP contribution is 2.57. The van der Waals surface area contributed by atoms with E-state index >= 15 is 0 Å². The molecule has 1 aliphatic heterocycles. The zero-order chi connectivity index (χ0) is 16.9. The molecule has 0 aromatic carbocycles. The van der Waals surface area contributed by atoms with Gasteiger partial charge in [-0.25, -0.2) is 3.63 Å². The molecule has 0 aliphatic carbocycles. The lowest BCUT2D eigenvalue weighted by Gasteiger charge is -2.33. The molecule has 0 unspecified atom stereocenters. The maximum absolute atomic E-state index is 12.5. The van der Waals surface area contributed by atoms with Crippen LogP contribution in [0.5, 0.6) is 0 Å². The molecule has 0 bridgehead atoms. The number of halogens is 3. The summed E-state index contributed by atoms with van der Waals surface area (Å²) in [5.41, 5.74) is -5.43. The van der Waals surface area contributed by atoms with Crippen LogP contribution < -0.4 is 0 Å². The number of hydrogen-bond acceptors (Lipinski definition) is 4. The fourth-order valence-electron chi connectivity index (χ4n) is 2.41. The molecule has 9 heteroatoms. The Morgan fingerprint density at radius 3 is 2.23 bits per heavy atom. The van der Waals surface area contributed by atoms with Crippen molar-refractivity contribution in [2.24, 2.45) is 0 Å².